The van der Waals surface area contributed by atoms with Crippen molar-refractivity contribution in [1.82, 2.24) is 0 Å². The molecule has 3 aromatic carbocycles. The van der Waals surface area contributed by atoms with Crippen molar-refractivity contribution in [3.63, 3.8) is 0 Å². The van der Waals surface area contributed by atoms with E-state index in [0.717, 1.165) is 31.2 Å². The van der Waals surface area contributed by atoms with Crippen LogP contribution in [0.25, 0.3) is 17.2 Å². The summed E-state index contributed by atoms with van der Waals surface area (Å²) in [5, 5.41) is 18.5. The molecule has 2 atom stereocenters. The van der Waals surface area contributed by atoms with Gasteiger partial charge >= 0.3 is 5.97 Å². The number of nitrogens with zero attached hydrogens (tertiary/aromatic N) is 2. The summed E-state index contributed by atoms with van der Waals surface area (Å²) in [5.74, 6) is -0.760. The average Bonchev–Trinajstić information content (AvgIpc) is 3.57. The van der Waals surface area contributed by atoms with Crippen molar-refractivity contribution < 1.29 is 9.90 Å². The van der Waals surface area contributed by atoms with E-state index in [4.69, 9.17) is 0 Å². The summed E-state index contributed by atoms with van der Waals surface area (Å²) < 4.78 is 0. The Morgan fingerprint density at radius 3 is 2.58 bits per heavy atom. The first-order chi connectivity index (χ1) is 17.5. The lowest BCUT2D eigenvalue weighted by atomic mass is 9.74. The Bertz CT molecular complexity index is 1460. The van der Waals surface area contributed by atoms with E-state index in [1.165, 1.54) is 51.7 Å². The number of hydrogen-bond donors (Lipinski definition) is 1. The van der Waals surface area contributed by atoms with E-state index < -0.39 is 5.97 Å². The molecule has 1 N–H and O–H groups in total. The van der Waals surface area contributed by atoms with Crippen molar-refractivity contribution in [2.45, 2.75) is 63.3 Å². The molecule has 4 nitrogen and oxygen atoms in total. The van der Waals surface area contributed by atoms with Crippen molar-refractivity contribution in [2.75, 3.05) is 4.90 Å². The van der Waals surface area contributed by atoms with E-state index >= 15 is 0 Å². The molecule has 0 amide bonds. The fraction of sp³-hybridized carbons (Fsp3) is 0.312. The van der Waals surface area contributed by atoms with Crippen molar-refractivity contribution in [1.29, 1.82) is 5.26 Å². The minimum Gasteiger partial charge on any atom is -0.477 e. The summed E-state index contributed by atoms with van der Waals surface area (Å²) in [6.45, 7) is 4.61. The van der Waals surface area contributed by atoms with Gasteiger partial charge in [0.25, 0.3) is 0 Å². The van der Waals surface area contributed by atoms with Crippen molar-refractivity contribution in [2.24, 2.45) is 0 Å². The quantitative estimate of drug-likeness (QED) is 0.306. The third-order valence-electron chi connectivity index (χ3n) is 8.92. The van der Waals surface area contributed by atoms with Crippen LogP contribution in [0.5, 0.6) is 0 Å². The number of carboxylic acid groups (broad SMARTS) is 1. The van der Waals surface area contributed by atoms with Crippen LogP contribution < -0.4 is 4.90 Å². The zero-order valence-corrected chi connectivity index (χ0v) is 20.8. The summed E-state index contributed by atoms with van der Waals surface area (Å²) in [5.41, 5.74) is 9.93. The third kappa shape index (κ3) is 3.09. The van der Waals surface area contributed by atoms with E-state index in [1.54, 1.807) is 6.07 Å². The largest absolute Gasteiger partial charge is 0.477 e. The van der Waals surface area contributed by atoms with Gasteiger partial charge in [-0.1, -0.05) is 56.7 Å². The van der Waals surface area contributed by atoms with Crippen LogP contribution in [0.1, 0.15) is 74.1 Å². The number of benzene rings is 3. The molecular weight excluding hydrogens is 444 g/mol. The van der Waals surface area contributed by atoms with Crippen LogP contribution in [0.3, 0.4) is 0 Å². The third-order valence-corrected chi connectivity index (χ3v) is 8.92. The first kappa shape index (κ1) is 22.6. The van der Waals surface area contributed by atoms with Crippen LogP contribution in [0, 0.1) is 11.3 Å². The molecule has 1 saturated carbocycles. The van der Waals surface area contributed by atoms with Crippen LogP contribution in [-0.4, -0.2) is 17.1 Å². The average molecular weight is 475 g/mol. The molecule has 1 heterocycles. The molecule has 0 spiro atoms. The van der Waals surface area contributed by atoms with Crippen LogP contribution in [0.15, 0.2) is 66.2 Å². The van der Waals surface area contributed by atoms with Gasteiger partial charge in [0.05, 0.1) is 0 Å². The minimum atomic E-state index is -1.19. The minimum absolute atomic E-state index is 0.0404. The molecule has 1 aliphatic heterocycles. The highest BCUT2D eigenvalue weighted by Gasteiger charge is 2.44. The van der Waals surface area contributed by atoms with Crippen molar-refractivity contribution in [3.05, 3.63) is 88.5 Å². The molecule has 0 bridgehead atoms. The summed E-state index contributed by atoms with van der Waals surface area (Å²) in [7, 11) is 0. The molecular formula is C32H30N2O2. The molecule has 3 aromatic rings. The Morgan fingerprint density at radius 1 is 1.06 bits per heavy atom. The monoisotopic (exact) mass is 474 g/mol. The van der Waals surface area contributed by atoms with E-state index in [9.17, 15) is 15.2 Å². The molecule has 0 aromatic heterocycles. The second-order valence-electron chi connectivity index (χ2n) is 10.3. The van der Waals surface area contributed by atoms with E-state index in [0.29, 0.717) is 12.0 Å². The molecule has 1 fully saturated rings. The van der Waals surface area contributed by atoms with Crippen LogP contribution in [0.2, 0.25) is 0 Å². The maximum absolute atomic E-state index is 11.4. The van der Waals surface area contributed by atoms with Gasteiger partial charge in [-0.25, -0.2) is 4.79 Å². The Kier molecular flexibility index (Phi) is 5.26. The second kappa shape index (κ2) is 8.38. The Hall–Kier alpha value is -3.84. The van der Waals surface area contributed by atoms with Gasteiger partial charge in [-0.2, -0.15) is 5.26 Å². The highest BCUT2D eigenvalue weighted by molar-refractivity contribution is 5.96. The highest BCUT2D eigenvalue weighted by Crippen LogP contribution is 2.56. The number of aliphatic carboxylic acids is 1. The molecule has 3 aliphatic rings. The van der Waals surface area contributed by atoms with E-state index in [1.807, 2.05) is 6.07 Å². The predicted octanol–water partition coefficient (Wildman–Crippen LogP) is 7.55. The molecule has 0 radical (unpaired) electrons. The van der Waals surface area contributed by atoms with Gasteiger partial charge in [-0.3, -0.25) is 0 Å². The number of hydrogen-bond acceptors (Lipinski definition) is 3. The van der Waals surface area contributed by atoms with E-state index in [2.05, 4.69) is 73.3 Å². The molecule has 2 aliphatic carbocycles. The van der Waals surface area contributed by atoms with E-state index in [-0.39, 0.29) is 11.0 Å². The number of rotatable bonds is 5. The second-order valence-corrected chi connectivity index (χ2v) is 10.3. The van der Waals surface area contributed by atoms with Gasteiger partial charge in [0.1, 0.15) is 11.6 Å². The summed E-state index contributed by atoms with van der Waals surface area (Å²) in [6, 6.07) is 24.3. The molecule has 0 saturated heterocycles. The fourth-order valence-corrected chi connectivity index (χ4v) is 7.21. The lowest BCUT2D eigenvalue weighted by molar-refractivity contribution is -0.132. The van der Waals surface area contributed by atoms with Crippen LogP contribution in [0.4, 0.5) is 11.4 Å². The first-order valence-corrected chi connectivity index (χ1v) is 13.0. The van der Waals surface area contributed by atoms with Gasteiger partial charge in [0.2, 0.25) is 0 Å². The highest BCUT2D eigenvalue weighted by atomic mass is 16.4. The van der Waals surface area contributed by atoms with Crippen LogP contribution >= 0.6 is 0 Å². The summed E-state index contributed by atoms with van der Waals surface area (Å²) in [6.07, 6.45) is 7.09. The van der Waals surface area contributed by atoms with Crippen molar-refractivity contribution >= 4 is 23.4 Å². The Balaban J connectivity index is 1.47. The topological polar surface area (TPSA) is 64.3 Å². The van der Waals surface area contributed by atoms with Crippen LogP contribution in [-0.2, 0) is 10.2 Å². The number of nitriles is 1. The number of fused-ring (bicyclic) bond motifs is 6. The zero-order valence-electron chi connectivity index (χ0n) is 20.8. The maximum Gasteiger partial charge on any atom is 0.346 e. The van der Waals surface area contributed by atoms with Gasteiger partial charge < -0.3 is 10.0 Å². The summed E-state index contributed by atoms with van der Waals surface area (Å²) in [4.78, 5) is 13.9. The Labute approximate surface area is 212 Å². The lowest BCUT2D eigenvalue weighted by Gasteiger charge is -2.32. The summed E-state index contributed by atoms with van der Waals surface area (Å²) >= 11 is 0. The normalized spacial score (nSPS) is 20.9. The lowest BCUT2D eigenvalue weighted by Crippen LogP contribution is -2.27. The molecule has 4 heteroatoms. The van der Waals surface area contributed by atoms with Gasteiger partial charge in [0, 0.05) is 28.7 Å². The zero-order chi connectivity index (χ0) is 25.0. The number of carbonyl (C=O) groups is 1. The fourth-order valence-electron chi connectivity index (χ4n) is 7.21. The molecule has 36 heavy (non-hydrogen) atoms. The van der Waals surface area contributed by atoms with Gasteiger partial charge in [-0.15, -0.1) is 0 Å². The SMILES string of the molecule is CCC1(CC)c2ccccc2-c2ccc(N3c4ccc(/C=C(/C#N)C(=O)O)cc4C4CCCC43)cc21. The van der Waals surface area contributed by atoms with Gasteiger partial charge in [0.15, 0.2) is 0 Å². The standard InChI is InChI=1S/C32H30N2O2/c1-3-32(4-2)27-10-6-5-8-23(27)24-14-13-22(18-28(24)32)34-29-11-7-9-25(29)26-17-20(12-15-30(26)34)16-21(19-33)31(35)36/h5-6,8,10,12-18,25,29H,3-4,7,9,11H2,1-2H3,(H,35,36)/b21-16-. The van der Waals surface area contributed by atoms with Crippen molar-refractivity contribution in [3.8, 4) is 17.2 Å². The number of anilines is 2. The smallest absolute Gasteiger partial charge is 0.346 e. The Morgan fingerprint density at radius 2 is 1.83 bits per heavy atom. The maximum atomic E-state index is 11.4. The predicted molar refractivity (Wildman–Crippen MR) is 143 cm³/mol. The first-order valence-electron chi connectivity index (χ1n) is 13.0. The molecule has 180 valence electrons. The molecule has 2 unspecified atom stereocenters. The van der Waals surface area contributed by atoms with Gasteiger partial charge in [-0.05, 0) is 89.4 Å². The number of carboxylic acids is 1. The molecule has 6 rings (SSSR count).